The minimum Gasteiger partial charge on any atom is -0.383 e. The van der Waals surface area contributed by atoms with E-state index in [1.807, 2.05) is 31.9 Å². The first-order chi connectivity index (χ1) is 17.3. The van der Waals surface area contributed by atoms with E-state index in [1.54, 1.807) is 0 Å². The minimum absolute atomic E-state index is 0.0604. The lowest BCUT2D eigenvalue weighted by molar-refractivity contribution is -0.135. The molecule has 5 rings (SSSR count). The molecule has 0 bridgehead atoms. The average molecular weight is 479 g/mol. The fourth-order valence-electron chi connectivity index (χ4n) is 5.87. The third kappa shape index (κ3) is 3.72. The second kappa shape index (κ2) is 9.17. The predicted octanol–water partition coefficient (Wildman–Crippen LogP) is 4.02. The van der Waals surface area contributed by atoms with E-state index >= 15 is 0 Å². The first kappa shape index (κ1) is 23.6. The molecule has 182 valence electrons. The van der Waals surface area contributed by atoms with E-state index in [1.165, 1.54) is 6.33 Å². The lowest BCUT2D eigenvalue weighted by Crippen LogP contribution is -2.39. The monoisotopic (exact) mass is 478 g/mol. The average Bonchev–Trinajstić information content (AvgIpc) is 3.47. The summed E-state index contributed by atoms with van der Waals surface area (Å²) in [6.45, 7) is 4.77. The van der Waals surface area contributed by atoms with Crippen molar-refractivity contribution in [1.29, 1.82) is 0 Å². The highest BCUT2D eigenvalue weighted by Gasteiger charge is 2.34. The van der Waals surface area contributed by atoms with Gasteiger partial charge in [0.05, 0.1) is 17.1 Å². The van der Waals surface area contributed by atoms with Gasteiger partial charge in [-0.3, -0.25) is 4.79 Å². The lowest BCUT2D eigenvalue weighted by Gasteiger charge is -2.28. The molecule has 4 heterocycles. The summed E-state index contributed by atoms with van der Waals surface area (Å²) in [6.07, 6.45) is 19.0. The molecule has 1 aliphatic carbocycles. The van der Waals surface area contributed by atoms with Crippen LogP contribution in [0.1, 0.15) is 54.6 Å². The van der Waals surface area contributed by atoms with Crippen LogP contribution in [-0.4, -0.2) is 42.9 Å². The molecule has 36 heavy (non-hydrogen) atoms. The maximum atomic E-state index is 13.3. The summed E-state index contributed by atoms with van der Waals surface area (Å²) >= 11 is 0. The van der Waals surface area contributed by atoms with Gasteiger partial charge in [-0.1, -0.05) is 17.9 Å². The number of fused-ring (bicyclic) bond motifs is 1. The molecule has 0 spiro atoms. The highest BCUT2D eigenvalue weighted by molar-refractivity contribution is 6.05. The molecule has 3 aromatic rings. The van der Waals surface area contributed by atoms with Crippen molar-refractivity contribution in [3.63, 3.8) is 0 Å². The molecule has 2 atom stereocenters. The van der Waals surface area contributed by atoms with Gasteiger partial charge in [-0.2, -0.15) is 0 Å². The van der Waals surface area contributed by atoms with Gasteiger partial charge in [0.25, 0.3) is 0 Å². The maximum Gasteiger partial charge on any atom is 0.227 e. The molecule has 0 radical (unpaired) electrons. The maximum absolute atomic E-state index is 13.3. The number of rotatable bonds is 3. The number of likely N-dealkylation sites (tertiary alicyclic amines) is 1. The number of aryl methyl sites for hydroxylation is 3. The van der Waals surface area contributed by atoms with Crippen molar-refractivity contribution in [3.05, 3.63) is 41.0 Å². The van der Waals surface area contributed by atoms with Crippen LogP contribution in [0, 0.1) is 44.5 Å². The predicted molar refractivity (Wildman–Crippen MR) is 142 cm³/mol. The molecule has 1 fully saturated rings. The fraction of sp³-hybridized carbons (Fsp3) is 0.379. The highest BCUT2D eigenvalue weighted by Crippen LogP contribution is 2.44. The first-order valence-corrected chi connectivity index (χ1v) is 12.4. The number of allylic oxidation sites excluding steroid dienone is 2. The van der Waals surface area contributed by atoms with Gasteiger partial charge >= 0.3 is 0 Å². The number of carbonyl (C=O) groups excluding carboxylic acids is 1. The van der Waals surface area contributed by atoms with E-state index in [9.17, 15) is 4.79 Å². The Bertz CT molecular complexity index is 1480. The molecule has 2 unspecified atom stereocenters. The van der Waals surface area contributed by atoms with Gasteiger partial charge in [-0.15, -0.1) is 12.8 Å². The number of nitrogen functional groups attached to an aromatic ring is 1. The molecule has 3 aromatic heterocycles. The molecule has 1 aliphatic heterocycles. The number of nitrogens with two attached hydrogens (primary N) is 1. The summed E-state index contributed by atoms with van der Waals surface area (Å²) in [6, 6.07) is 1.86. The number of aromatic nitrogens is 4. The summed E-state index contributed by atoms with van der Waals surface area (Å²) in [7, 11) is 1.99. The van der Waals surface area contributed by atoms with Gasteiger partial charge in [0.2, 0.25) is 5.91 Å². The zero-order valence-electron chi connectivity index (χ0n) is 21.0. The smallest absolute Gasteiger partial charge is 0.227 e. The van der Waals surface area contributed by atoms with E-state index in [4.69, 9.17) is 18.6 Å². The van der Waals surface area contributed by atoms with E-state index < -0.39 is 0 Å². The molecular formula is C29H30N6O. The van der Waals surface area contributed by atoms with Crippen LogP contribution in [0.2, 0.25) is 0 Å². The highest BCUT2D eigenvalue weighted by atomic mass is 16.2. The summed E-state index contributed by atoms with van der Waals surface area (Å²) in [4.78, 5) is 28.7. The summed E-state index contributed by atoms with van der Waals surface area (Å²) < 4.78 is 2.06. The Morgan fingerprint density at radius 2 is 2.00 bits per heavy atom. The van der Waals surface area contributed by atoms with Crippen molar-refractivity contribution in [2.75, 3.05) is 12.3 Å². The first-order valence-electron chi connectivity index (χ1n) is 12.4. The summed E-state index contributed by atoms with van der Waals surface area (Å²) in [5.74, 6) is 5.98. The molecule has 2 N–H and O–H groups in total. The quantitative estimate of drug-likeness (QED) is 0.575. The molecule has 1 saturated heterocycles. The van der Waals surface area contributed by atoms with Gasteiger partial charge in [0, 0.05) is 36.3 Å². The number of anilines is 1. The van der Waals surface area contributed by atoms with Crippen LogP contribution in [0.15, 0.2) is 18.5 Å². The molecule has 7 nitrogen and oxygen atoms in total. The molecule has 7 heteroatoms. The van der Waals surface area contributed by atoms with Gasteiger partial charge in [0.15, 0.2) is 0 Å². The van der Waals surface area contributed by atoms with Crippen molar-refractivity contribution in [2.45, 2.75) is 52.0 Å². The number of pyridine rings is 1. The van der Waals surface area contributed by atoms with E-state index in [2.05, 4.69) is 37.4 Å². The van der Waals surface area contributed by atoms with Crippen LogP contribution >= 0.6 is 0 Å². The second-order valence-corrected chi connectivity index (χ2v) is 9.73. The number of amides is 1. The summed E-state index contributed by atoms with van der Waals surface area (Å²) in [5, 5.41) is 0.831. The third-order valence-electron chi connectivity index (χ3n) is 7.59. The molecule has 0 aromatic carbocycles. The van der Waals surface area contributed by atoms with Crippen LogP contribution in [-0.2, 0) is 11.8 Å². The van der Waals surface area contributed by atoms with Gasteiger partial charge in [0.1, 0.15) is 23.5 Å². The Morgan fingerprint density at radius 1 is 1.19 bits per heavy atom. The third-order valence-corrected chi connectivity index (χ3v) is 7.59. The number of terminal acetylenes is 2. The van der Waals surface area contributed by atoms with Gasteiger partial charge in [-0.05, 0) is 63.2 Å². The Hall–Kier alpha value is -4.10. The number of hydrogen-bond acceptors (Lipinski definition) is 5. The Labute approximate surface area is 211 Å². The van der Waals surface area contributed by atoms with Crippen molar-refractivity contribution in [3.8, 4) is 35.9 Å². The molecule has 0 saturated carbocycles. The van der Waals surface area contributed by atoms with Crippen molar-refractivity contribution >= 4 is 28.3 Å². The van der Waals surface area contributed by atoms with Crippen LogP contribution in [0.5, 0.6) is 0 Å². The largest absolute Gasteiger partial charge is 0.383 e. The van der Waals surface area contributed by atoms with Crippen LogP contribution < -0.4 is 5.73 Å². The standard InChI is InChI=1S/C29H30N6O/c1-6-21-15-17(3)23(18(4)33-21)26-24(25-27(30)31-16-32-28(25)34(26)5)19-10-12-20(13-11-19)29(36)35-14-8-9-22(35)7-2/h1-2,10,15-16,20,22H,8-9,11-14H2,3-5H3,(H2,30,31,32). The minimum atomic E-state index is -0.0751. The lowest BCUT2D eigenvalue weighted by atomic mass is 9.83. The fourth-order valence-corrected chi connectivity index (χ4v) is 5.87. The molecule has 1 amide bonds. The van der Waals surface area contributed by atoms with Crippen LogP contribution in [0.3, 0.4) is 0 Å². The zero-order valence-corrected chi connectivity index (χ0v) is 21.0. The zero-order chi connectivity index (χ0) is 25.6. The van der Waals surface area contributed by atoms with Gasteiger partial charge in [-0.25, -0.2) is 15.0 Å². The van der Waals surface area contributed by atoms with Crippen LogP contribution in [0.4, 0.5) is 5.82 Å². The Morgan fingerprint density at radius 3 is 2.67 bits per heavy atom. The normalized spacial score (nSPS) is 19.7. The topological polar surface area (TPSA) is 89.9 Å². The Kier molecular flexibility index (Phi) is 6.02. The van der Waals surface area contributed by atoms with E-state index in [0.29, 0.717) is 17.9 Å². The van der Waals surface area contributed by atoms with Gasteiger partial charge < -0.3 is 15.2 Å². The number of hydrogen-bond donors (Lipinski definition) is 1. The number of carbonyl (C=O) groups is 1. The second-order valence-electron chi connectivity index (χ2n) is 9.73. The van der Waals surface area contributed by atoms with Crippen LogP contribution in [0.25, 0.3) is 27.9 Å². The Balaban J connectivity index is 1.61. The SMILES string of the molecule is C#Cc1cc(C)c(-c2c(C3=CCC(C(=O)N4CCCC4C#C)CC3)c3c(N)ncnc3n2C)c(C)n1. The van der Waals surface area contributed by atoms with Crippen molar-refractivity contribution in [2.24, 2.45) is 13.0 Å². The number of nitrogens with zero attached hydrogens (tertiary/aromatic N) is 5. The van der Waals surface area contributed by atoms with E-state index in [0.717, 1.165) is 76.9 Å². The molecule has 2 aliphatic rings. The summed E-state index contributed by atoms with van der Waals surface area (Å²) in [5.41, 5.74) is 13.8. The molecular weight excluding hydrogens is 448 g/mol. The van der Waals surface area contributed by atoms with E-state index in [-0.39, 0.29) is 17.9 Å². The van der Waals surface area contributed by atoms with Crippen molar-refractivity contribution < 1.29 is 4.79 Å². The van der Waals surface area contributed by atoms with Crippen molar-refractivity contribution in [1.82, 2.24) is 24.4 Å².